The van der Waals surface area contributed by atoms with Crippen molar-refractivity contribution in [1.29, 1.82) is 0 Å². The molecular weight excluding hydrogens is 352 g/mol. The standard InChI is InChI=1S/C23H28N2O3/c26-22(24-13-10-18(11-14-24)23(27)28)12-15-25(20-8-9-20)16-19-6-3-5-17-4-1-2-7-21(17)19/h1-7,18,20H,8-16H2,(H,27,28). The van der Waals surface area contributed by atoms with Crippen molar-refractivity contribution in [2.75, 3.05) is 19.6 Å². The van der Waals surface area contributed by atoms with E-state index in [0.29, 0.717) is 38.4 Å². The molecule has 1 aliphatic heterocycles. The van der Waals surface area contributed by atoms with E-state index in [0.717, 1.165) is 13.1 Å². The molecule has 0 atom stereocenters. The Kier molecular flexibility index (Phi) is 5.62. The highest BCUT2D eigenvalue weighted by molar-refractivity contribution is 5.85. The Morgan fingerprint density at radius 1 is 1.00 bits per heavy atom. The van der Waals surface area contributed by atoms with Gasteiger partial charge in [-0.1, -0.05) is 42.5 Å². The van der Waals surface area contributed by atoms with Crippen LogP contribution in [-0.4, -0.2) is 52.5 Å². The van der Waals surface area contributed by atoms with Crippen LogP contribution in [0.3, 0.4) is 0 Å². The van der Waals surface area contributed by atoms with Gasteiger partial charge in [0.05, 0.1) is 5.92 Å². The summed E-state index contributed by atoms with van der Waals surface area (Å²) in [6.45, 7) is 2.79. The largest absolute Gasteiger partial charge is 0.481 e. The Hall–Kier alpha value is -2.40. The summed E-state index contributed by atoms with van der Waals surface area (Å²) in [7, 11) is 0. The maximum atomic E-state index is 12.6. The molecule has 28 heavy (non-hydrogen) atoms. The number of carbonyl (C=O) groups excluding carboxylic acids is 1. The smallest absolute Gasteiger partial charge is 0.306 e. The molecule has 5 heteroatoms. The maximum absolute atomic E-state index is 12.6. The van der Waals surface area contributed by atoms with Gasteiger partial charge in [0.15, 0.2) is 0 Å². The zero-order valence-electron chi connectivity index (χ0n) is 16.2. The van der Waals surface area contributed by atoms with E-state index in [1.54, 1.807) is 0 Å². The lowest BCUT2D eigenvalue weighted by Crippen LogP contribution is -2.41. The molecule has 1 N–H and O–H groups in total. The highest BCUT2D eigenvalue weighted by Gasteiger charge is 2.31. The van der Waals surface area contributed by atoms with E-state index in [-0.39, 0.29) is 11.8 Å². The lowest BCUT2D eigenvalue weighted by molar-refractivity contribution is -0.145. The van der Waals surface area contributed by atoms with Gasteiger partial charge in [-0.15, -0.1) is 0 Å². The molecule has 1 saturated heterocycles. The summed E-state index contributed by atoms with van der Waals surface area (Å²) < 4.78 is 0. The van der Waals surface area contributed by atoms with Crippen molar-refractivity contribution in [3.05, 3.63) is 48.0 Å². The summed E-state index contributed by atoms with van der Waals surface area (Å²) >= 11 is 0. The maximum Gasteiger partial charge on any atom is 0.306 e. The predicted octanol–water partition coefficient (Wildman–Crippen LogP) is 3.52. The van der Waals surface area contributed by atoms with Crippen molar-refractivity contribution >= 4 is 22.6 Å². The van der Waals surface area contributed by atoms with Gasteiger partial charge in [-0.3, -0.25) is 14.5 Å². The first-order valence-corrected chi connectivity index (χ1v) is 10.3. The number of hydrogen-bond donors (Lipinski definition) is 1. The minimum atomic E-state index is -0.734. The Labute approximate surface area is 165 Å². The molecule has 0 radical (unpaired) electrons. The molecule has 5 nitrogen and oxygen atoms in total. The van der Waals surface area contributed by atoms with Crippen molar-refractivity contribution in [2.45, 2.75) is 44.7 Å². The summed E-state index contributed by atoms with van der Waals surface area (Å²) in [5, 5.41) is 11.7. The topological polar surface area (TPSA) is 60.9 Å². The van der Waals surface area contributed by atoms with Crippen LogP contribution in [0.4, 0.5) is 0 Å². The third-order valence-corrected chi connectivity index (χ3v) is 6.13. The van der Waals surface area contributed by atoms with Gasteiger partial charge in [0.25, 0.3) is 0 Å². The van der Waals surface area contributed by atoms with Gasteiger partial charge in [-0.25, -0.2) is 0 Å². The molecule has 0 aromatic heterocycles. The molecule has 1 saturated carbocycles. The summed E-state index contributed by atoms with van der Waals surface area (Å²) in [6, 6.07) is 15.5. The summed E-state index contributed by atoms with van der Waals surface area (Å²) in [6.07, 6.45) is 4.08. The number of carbonyl (C=O) groups is 2. The average Bonchev–Trinajstić information content (AvgIpc) is 3.56. The van der Waals surface area contributed by atoms with E-state index in [9.17, 15) is 9.59 Å². The third-order valence-electron chi connectivity index (χ3n) is 6.13. The predicted molar refractivity (Wildman–Crippen MR) is 109 cm³/mol. The Balaban J connectivity index is 1.36. The van der Waals surface area contributed by atoms with E-state index in [1.165, 1.54) is 29.2 Å². The molecule has 4 rings (SSSR count). The van der Waals surface area contributed by atoms with Gasteiger partial charge in [0.2, 0.25) is 5.91 Å². The average molecular weight is 380 g/mol. The van der Waals surface area contributed by atoms with Crippen molar-refractivity contribution in [1.82, 2.24) is 9.80 Å². The number of amides is 1. The molecule has 0 spiro atoms. The van der Waals surface area contributed by atoms with Crippen molar-refractivity contribution < 1.29 is 14.7 Å². The molecule has 1 aliphatic carbocycles. The number of likely N-dealkylation sites (tertiary alicyclic amines) is 1. The van der Waals surface area contributed by atoms with Crippen LogP contribution >= 0.6 is 0 Å². The molecule has 148 valence electrons. The van der Waals surface area contributed by atoms with Crippen molar-refractivity contribution in [3.8, 4) is 0 Å². The van der Waals surface area contributed by atoms with E-state index in [2.05, 4.69) is 47.4 Å². The molecular formula is C23H28N2O3. The molecule has 2 aliphatic rings. The summed E-state index contributed by atoms with van der Waals surface area (Å²) in [5.74, 6) is -0.868. The summed E-state index contributed by atoms with van der Waals surface area (Å²) in [5.41, 5.74) is 1.32. The van der Waals surface area contributed by atoms with Crippen LogP contribution in [0.15, 0.2) is 42.5 Å². The number of hydrogen-bond acceptors (Lipinski definition) is 3. The Morgan fingerprint density at radius 2 is 1.71 bits per heavy atom. The zero-order valence-corrected chi connectivity index (χ0v) is 16.2. The van der Waals surface area contributed by atoms with Crippen LogP contribution < -0.4 is 0 Å². The van der Waals surface area contributed by atoms with Crippen molar-refractivity contribution in [3.63, 3.8) is 0 Å². The number of aliphatic carboxylic acids is 1. The first-order valence-electron chi connectivity index (χ1n) is 10.3. The van der Waals surface area contributed by atoms with Gasteiger partial charge in [0, 0.05) is 38.6 Å². The number of benzene rings is 2. The second kappa shape index (κ2) is 8.31. The lowest BCUT2D eigenvalue weighted by atomic mass is 9.97. The van der Waals surface area contributed by atoms with Crippen LogP contribution in [0, 0.1) is 5.92 Å². The van der Waals surface area contributed by atoms with E-state index in [4.69, 9.17) is 5.11 Å². The fraction of sp³-hybridized carbons (Fsp3) is 0.478. The first kappa shape index (κ1) is 18.9. The second-order valence-electron chi connectivity index (χ2n) is 8.08. The summed E-state index contributed by atoms with van der Waals surface area (Å²) in [4.78, 5) is 28.0. The molecule has 0 bridgehead atoms. The number of rotatable bonds is 7. The first-order chi connectivity index (χ1) is 13.6. The van der Waals surface area contributed by atoms with E-state index < -0.39 is 5.97 Å². The Bertz CT molecular complexity index is 849. The molecule has 0 unspecified atom stereocenters. The zero-order chi connectivity index (χ0) is 19.5. The van der Waals surface area contributed by atoms with Gasteiger partial charge in [-0.05, 0) is 42.0 Å². The number of piperidine rings is 1. The molecule has 1 heterocycles. The lowest BCUT2D eigenvalue weighted by Gasteiger charge is -2.31. The molecule has 2 fully saturated rings. The monoisotopic (exact) mass is 380 g/mol. The Morgan fingerprint density at radius 3 is 2.43 bits per heavy atom. The van der Waals surface area contributed by atoms with E-state index >= 15 is 0 Å². The van der Waals surface area contributed by atoms with Gasteiger partial charge in [-0.2, -0.15) is 0 Å². The minimum absolute atomic E-state index is 0.160. The number of fused-ring (bicyclic) bond motifs is 1. The molecule has 1 amide bonds. The van der Waals surface area contributed by atoms with Crippen LogP contribution in [0.1, 0.15) is 37.7 Å². The van der Waals surface area contributed by atoms with Crippen molar-refractivity contribution in [2.24, 2.45) is 5.92 Å². The van der Waals surface area contributed by atoms with Gasteiger partial charge >= 0.3 is 5.97 Å². The number of carboxylic acid groups (broad SMARTS) is 1. The minimum Gasteiger partial charge on any atom is -0.481 e. The van der Waals surface area contributed by atoms with Gasteiger partial charge < -0.3 is 10.0 Å². The number of nitrogens with zero attached hydrogens (tertiary/aromatic N) is 2. The fourth-order valence-electron chi connectivity index (χ4n) is 4.25. The van der Waals surface area contributed by atoms with Crippen LogP contribution in [-0.2, 0) is 16.1 Å². The van der Waals surface area contributed by atoms with Crippen LogP contribution in [0.25, 0.3) is 10.8 Å². The quantitative estimate of drug-likeness (QED) is 0.798. The van der Waals surface area contributed by atoms with Gasteiger partial charge in [0.1, 0.15) is 0 Å². The second-order valence-corrected chi connectivity index (χ2v) is 8.08. The number of carboxylic acids is 1. The highest BCUT2D eigenvalue weighted by atomic mass is 16.4. The normalized spacial score (nSPS) is 18.0. The van der Waals surface area contributed by atoms with E-state index in [1.807, 2.05) is 4.90 Å². The fourth-order valence-corrected chi connectivity index (χ4v) is 4.25. The highest BCUT2D eigenvalue weighted by Crippen LogP contribution is 2.30. The van der Waals surface area contributed by atoms with Crippen LogP contribution in [0.2, 0.25) is 0 Å². The molecule has 2 aromatic carbocycles. The molecule has 2 aromatic rings. The third kappa shape index (κ3) is 4.36. The van der Waals surface area contributed by atoms with Crippen LogP contribution in [0.5, 0.6) is 0 Å². The SMILES string of the molecule is O=C(O)C1CCN(C(=O)CCN(Cc2cccc3ccccc23)C2CC2)CC1.